The quantitative estimate of drug-likeness (QED) is 0.543. The van der Waals surface area contributed by atoms with Gasteiger partial charge in [-0.05, 0) is 31.0 Å². The lowest BCUT2D eigenvalue weighted by Gasteiger charge is -2.20. The maximum absolute atomic E-state index is 12.8. The first-order valence-electron chi connectivity index (χ1n) is 8.12. The normalized spacial score (nSPS) is 12.8. The first-order chi connectivity index (χ1) is 11.8. The van der Waals surface area contributed by atoms with E-state index >= 15 is 0 Å². The Balaban J connectivity index is 2.51. The molecule has 0 saturated carbocycles. The molecule has 7 nitrogen and oxygen atoms in total. The number of hydrogen-bond donors (Lipinski definition) is 4. The summed E-state index contributed by atoms with van der Waals surface area (Å²) in [5.74, 6) is -1.79. The van der Waals surface area contributed by atoms with Crippen LogP contribution in [0.2, 0.25) is 0 Å². The smallest absolute Gasteiger partial charge is 0.315 e. The first kappa shape index (κ1) is 20.4. The van der Waals surface area contributed by atoms with Crippen LogP contribution in [0.15, 0.2) is 24.3 Å². The van der Waals surface area contributed by atoms with Crippen LogP contribution >= 0.6 is 0 Å². The van der Waals surface area contributed by atoms with Gasteiger partial charge in [-0.3, -0.25) is 9.59 Å². The van der Waals surface area contributed by atoms with E-state index in [2.05, 4.69) is 16.0 Å². The van der Waals surface area contributed by atoms with E-state index in [9.17, 15) is 18.8 Å². The summed E-state index contributed by atoms with van der Waals surface area (Å²) in [4.78, 5) is 34.8. The third-order valence-electron chi connectivity index (χ3n) is 3.43. The Morgan fingerprint density at radius 3 is 2.36 bits per heavy atom. The van der Waals surface area contributed by atoms with Crippen LogP contribution in [0.1, 0.15) is 38.7 Å². The highest BCUT2D eigenvalue weighted by Gasteiger charge is 2.22. The minimum atomic E-state index is -1.01. The van der Waals surface area contributed by atoms with Gasteiger partial charge >= 0.3 is 12.0 Å². The van der Waals surface area contributed by atoms with Gasteiger partial charge in [0, 0.05) is 12.6 Å². The second kappa shape index (κ2) is 10.3. The molecule has 8 heteroatoms. The van der Waals surface area contributed by atoms with Crippen LogP contribution in [0.3, 0.4) is 0 Å². The topological polar surface area (TPSA) is 108 Å². The molecule has 1 aromatic carbocycles. The Morgan fingerprint density at radius 1 is 1.16 bits per heavy atom. The molecule has 0 bridgehead atoms. The van der Waals surface area contributed by atoms with Crippen molar-refractivity contribution in [1.82, 2.24) is 16.0 Å². The van der Waals surface area contributed by atoms with Gasteiger partial charge in [0.15, 0.2) is 0 Å². The summed E-state index contributed by atoms with van der Waals surface area (Å²) in [7, 11) is 0. The number of urea groups is 1. The Hall–Kier alpha value is -2.64. The molecule has 1 aromatic rings. The molecular weight excluding hydrogens is 329 g/mol. The fraction of sp³-hybridized carbons (Fsp3) is 0.471. The van der Waals surface area contributed by atoms with Crippen LogP contribution in [0, 0.1) is 5.82 Å². The van der Waals surface area contributed by atoms with E-state index in [-0.39, 0.29) is 18.8 Å². The molecule has 25 heavy (non-hydrogen) atoms. The number of aliphatic carboxylic acids is 1. The predicted molar refractivity (Wildman–Crippen MR) is 90.3 cm³/mol. The molecule has 3 amide bonds. The summed E-state index contributed by atoms with van der Waals surface area (Å²) in [5.41, 5.74) is 0.725. The van der Waals surface area contributed by atoms with Crippen LogP contribution in [-0.2, 0) is 16.1 Å². The van der Waals surface area contributed by atoms with E-state index in [0.717, 1.165) is 5.56 Å². The van der Waals surface area contributed by atoms with Crippen LogP contribution < -0.4 is 16.0 Å². The molecular formula is C17H24FN3O4. The van der Waals surface area contributed by atoms with Crippen molar-refractivity contribution in [3.8, 4) is 0 Å². The number of halogens is 1. The van der Waals surface area contributed by atoms with Gasteiger partial charge in [0.1, 0.15) is 11.9 Å². The maximum Gasteiger partial charge on any atom is 0.315 e. The van der Waals surface area contributed by atoms with Gasteiger partial charge < -0.3 is 21.1 Å². The number of carboxylic acids is 1. The van der Waals surface area contributed by atoms with Crippen LogP contribution in [0.4, 0.5) is 9.18 Å². The van der Waals surface area contributed by atoms with Crippen molar-refractivity contribution in [2.24, 2.45) is 0 Å². The SMILES string of the molecule is CCCC(NC(=O)NCc1ccc(F)cc1)C(=O)NC(C)CC(=O)O. The molecule has 2 unspecified atom stereocenters. The van der Waals surface area contributed by atoms with Gasteiger partial charge in [-0.25, -0.2) is 9.18 Å². The van der Waals surface area contributed by atoms with Gasteiger partial charge in [-0.2, -0.15) is 0 Å². The van der Waals surface area contributed by atoms with E-state index in [4.69, 9.17) is 5.11 Å². The Kier molecular flexibility index (Phi) is 8.38. The number of carbonyl (C=O) groups excluding carboxylic acids is 2. The van der Waals surface area contributed by atoms with E-state index in [1.54, 1.807) is 19.1 Å². The predicted octanol–water partition coefficient (Wildman–Crippen LogP) is 1.77. The number of carboxylic acid groups (broad SMARTS) is 1. The third-order valence-corrected chi connectivity index (χ3v) is 3.43. The van der Waals surface area contributed by atoms with Crippen molar-refractivity contribution < 1.29 is 23.9 Å². The Bertz CT molecular complexity index is 592. The molecule has 2 atom stereocenters. The zero-order chi connectivity index (χ0) is 18.8. The van der Waals surface area contributed by atoms with E-state index in [1.807, 2.05) is 6.92 Å². The number of carbonyl (C=O) groups is 3. The average molecular weight is 353 g/mol. The number of benzene rings is 1. The van der Waals surface area contributed by atoms with Gasteiger partial charge in [0.2, 0.25) is 5.91 Å². The van der Waals surface area contributed by atoms with Gasteiger partial charge in [0.25, 0.3) is 0 Å². The molecule has 4 N–H and O–H groups in total. The zero-order valence-electron chi connectivity index (χ0n) is 14.3. The highest BCUT2D eigenvalue weighted by atomic mass is 19.1. The lowest BCUT2D eigenvalue weighted by molar-refractivity contribution is -0.137. The molecule has 0 aromatic heterocycles. The van der Waals surface area contributed by atoms with Crippen molar-refractivity contribution >= 4 is 17.9 Å². The Labute approximate surface area is 146 Å². The molecule has 0 heterocycles. The van der Waals surface area contributed by atoms with E-state index in [1.165, 1.54) is 12.1 Å². The maximum atomic E-state index is 12.8. The van der Waals surface area contributed by atoms with Crippen LogP contribution in [-0.4, -0.2) is 35.1 Å². The van der Waals surface area contributed by atoms with Crippen molar-refractivity contribution in [2.75, 3.05) is 0 Å². The summed E-state index contributed by atoms with van der Waals surface area (Å²) in [6.07, 6.45) is 0.903. The minimum absolute atomic E-state index is 0.193. The standard InChI is InChI=1S/C17H24FN3O4/c1-3-4-14(16(24)20-11(2)9-15(22)23)21-17(25)19-10-12-5-7-13(18)8-6-12/h5-8,11,14H,3-4,9-10H2,1-2H3,(H,20,24)(H,22,23)(H2,19,21,25). The minimum Gasteiger partial charge on any atom is -0.481 e. The second-order valence-electron chi connectivity index (χ2n) is 5.80. The van der Waals surface area contributed by atoms with Gasteiger partial charge in [-0.15, -0.1) is 0 Å². The number of amides is 3. The molecule has 0 aliphatic heterocycles. The number of hydrogen-bond acceptors (Lipinski definition) is 3. The third kappa shape index (κ3) is 8.14. The van der Waals surface area contributed by atoms with Crippen LogP contribution in [0.5, 0.6) is 0 Å². The molecule has 0 spiro atoms. The summed E-state index contributed by atoms with van der Waals surface area (Å²) >= 11 is 0. The van der Waals surface area contributed by atoms with Crippen molar-refractivity contribution in [3.05, 3.63) is 35.6 Å². The zero-order valence-corrected chi connectivity index (χ0v) is 14.3. The van der Waals surface area contributed by atoms with Crippen LogP contribution in [0.25, 0.3) is 0 Å². The lowest BCUT2D eigenvalue weighted by Crippen LogP contribution is -2.51. The monoisotopic (exact) mass is 353 g/mol. The van der Waals surface area contributed by atoms with Crippen molar-refractivity contribution in [1.29, 1.82) is 0 Å². The molecule has 138 valence electrons. The number of nitrogens with one attached hydrogen (secondary N) is 3. The highest BCUT2D eigenvalue weighted by molar-refractivity contribution is 5.87. The van der Waals surface area contributed by atoms with E-state index < -0.39 is 30.0 Å². The lowest BCUT2D eigenvalue weighted by atomic mass is 10.1. The molecule has 0 radical (unpaired) electrons. The molecule has 1 rings (SSSR count). The van der Waals surface area contributed by atoms with Crippen molar-refractivity contribution in [3.63, 3.8) is 0 Å². The molecule has 0 aliphatic rings. The fourth-order valence-electron chi connectivity index (χ4n) is 2.21. The average Bonchev–Trinajstić information content (AvgIpc) is 2.53. The summed E-state index contributed by atoms with van der Waals surface area (Å²) in [5, 5.41) is 16.5. The molecule has 0 fully saturated rings. The fourth-order valence-corrected chi connectivity index (χ4v) is 2.21. The Morgan fingerprint density at radius 2 is 1.80 bits per heavy atom. The molecule has 0 aliphatic carbocycles. The van der Waals surface area contributed by atoms with Crippen molar-refractivity contribution in [2.45, 2.75) is 51.7 Å². The largest absolute Gasteiger partial charge is 0.481 e. The summed E-state index contributed by atoms with van der Waals surface area (Å²) < 4.78 is 12.8. The summed E-state index contributed by atoms with van der Waals surface area (Å²) in [6.45, 7) is 3.66. The highest BCUT2D eigenvalue weighted by Crippen LogP contribution is 2.03. The van der Waals surface area contributed by atoms with Gasteiger partial charge in [-0.1, -0.05) is 25.5 Å². The van der Waals surface area contributed by atoms with E-state index in [0.29, 0.717) is 12.8 Å². The number of rotatable bonds is 9. The summed E-state index contributed by atoms with van der Waals surface area (Å²) in [6, 6.07) is 3.89. The molecule has 0 saturated heterocycles. The van der Waals surface area contributed by atoms with Gasteiger partial charge in [0.05, 0.1) is 6.42 Å². The second-order valence-corrected chi connectivity index (χ2v) is 5.80. The first-order valence-corrected chi connectivity index (χ1v) is 8.12.